The molecule has 0 radical (unpaired) electrons. The Hall–Kier alpha value is -3.54. The molecule has 0 aliphatic carbocycles. The van der Waals surface area contributed by atoms with E-state index >= 15 is 0 Å². The van der Waals surface area contributed by atoms with Crippen LogP contribution in [-0.2, 0) is 0 Å². The highest BCUT2D eigenvalue weighted by Crippen LogP contribution is 2.38. The highest BCUT2D eigenvalue weighted by Gasteiger charge is 2.16. The second kappa shape index (κ2) is 6.99. The Morgan fingerprint density at radius 2 is 1.67 bits per heavy atom. The molecule has 6 heteroatoms. The lowest BCUT2D eigenvalue weighted by Gasteiger charge is -2.14. The number of hydrogen-bond acceptors (Lipinski definition) is 5. The summed E-state index contributed by atoms with van der Waals surface area (Å²) in [7, 11) is 1.67. The van der Waals surface area contributed by atoms with E-state index in [1.807, 2.05) is 38.1 Å². The molecular formula is C21H19N5O. The first kappa shape index (κ1) is 16.9. The summed E-state index contributed by atoms with van der Waals surface area (Å²) in [5.74, 6) is 1.32. The van der Waals surface area contributed by atoms with Crippen molar-refractivity contribution in [1.82, 2.24) is 25.6 Å². The first-order valence-corrected chi connectivity index (χ1v) is 8.63. The van der Waals surface area contributed by atoms with Crippen molar-refractivity contribution in [3.8, 4) is 39.4 Å². The van der Waals surface area contributed by atoms with Gasteiger partial charge in [-0.1, -0.05) is 42.5 Å². The Balaban J connectivity index is 1.95. The third kappa shape index (κ3) is 3.17. The lowest BCUT2D eigenvalue weighted by atomic mass is 9.94. The van der Waals surface area contributed by atoms with Gasteiger partial charge in [0.15, 0.2) is 0 Å². The van der Waals surface area contributed by atoms with Crippen LogP contribution in [0.5, 0.6) is 5.75 Å². The maximum Gasteiger partial charge on any atom is 0.205 e. The van der Waals surface area contributed by atoms with Crippen LogP contribution in [-0.4, -0.2) is 32.7 Å². The minimum absolute atomic E-state index is 0.553. The number of nitrogens with one attached hydrogen (secondary N) is 1. The van der Waals surface area contributed by atoms with E-state index in [2.05, 4.69) is 55.9 Å². The summed E-state index contributed by atoms with van der Waals surface area (Å²) < 4.78 is 5.62. The first-order valence-electron chi connectivity index (χ1n) is 8.63. The third-order valence-corrected chi connectivity index (χ3v) is 4.48. The summed E-state index contributed by atoms with van der Waals surface area (Å²) in [6.45, 7) is 3.93. The summed E-state index contributed by atoms with van der Waals surface area (Å²) in [5, 5.41) is 14.7. The van der Waals surface area contributed by atoms with Gasteiger partial charge in [-0.3, -0.25) is 4.98 Å². The van der Waals surface area contributed by atoms with Crippen molar-refractivity contribution < 1.29 is 4.74 Å². The summed E-state index contributed by atoms with van der Waals surface area (Å²) in [4.78, 5) is 4.50. The normalized spacial score (nSPS) is 10.8. The molecule has 0 fully saturated rings. The maximum atomic E-state index is 5.62. The fraction of sp³-hybridized carbons (Fsp3) is 0.143. The summed E-state index contributed by atoms with van der Waals surface area (Å²) in [6.07, 6.45) is 0. The van der Waals surface area contributed by atoms with Gasteiger partial charge in [-0.05, 0) is 47.9 Å². The van der Waals surface area contributed by atoms with Crippen LogP contribution >= 0.6 is 0 Å². The Morgan fingerprint density at radius 1 is 0.852 bits per heavy atom. The predicted octanol–water partition coefficient (Wildman–Crippen LogP) is 4.22. The number of hydrogen-bond donors (Lipinski definition) is 1. The molecule has 0 amide bonds. The largest absolute Gasteiger partial charge is 0.494 e. The highest BCUT2D eigenvalue weighted by atomic mass is 16.5. The fourth-order valence-electron chi connectivity index (χ4n) is 3.33. The molecule has 0 unspecified atom stereocenters. The minimum atomic E-state index is 0.553. The Bertz CT molecular complexity index is 1080. The number of methoxy groups -OCH3 is 1. The zero-order valence-corrected chi connectivity index (χ0v) is 15.4. The van der Waals surface area contributed by atoms with Crippen LogP contribution < -0.4 is 4.74 Å². The Morgan fingerprint density at radius 3 is 2.37 bits per heavy atom. The molecule has 4 aromatic rings. The number of rotatable bonds is 4. The Labute approximate surface area is 157 Å². The van der Waals surface area contributed by atoms with Gasteiger partial charge in [0.1, 0.15) is 5.75 Å². The first-order chi connectivity index (χ1) is 13.2. The van der Waals surface area contributed by atoms with Crippen LogP contribution in [0.15, 0.2) is 54.6 Å². The molecule has 1 N–H and O–H groups in total. The molecule has 0 aliphatic rings. The van der Waals surface area contributed by atoms with Crippen molar-refractivity contribution >= 4 is 0 Å². The van der Waals surface area contributed by atoms with Gasteiger partial charge in [-0.2, -0.15) is 5.21 Å². The van der Waals surface area contributed by atoms with Crippen LogP contribution in [0.2, 0.25) is 0 Å². The number of aromatic amines is 1. The predicted molar refractivity (Wildman–Crippen MR) is 104 cm³/mol. The van der Waals surface area contributed by atoms with Crippen LogP contribution in [0.1, 0.15) is 11.4 Å². The monoisotopic (exact) mass is 357 g/mol. The average Bonchev–Trinajstić information content (AvgIpc) is 3.22. The average molecular weight is 357 g/mol. The van der Waals surface area contributed by atoms with Crippen molar-refractivity contribution in [3.63, 3.8) is 0 Å². The molecule has 134 valence electrons. The van der Waals surface area contributed by atoms with Crippen LogP contribution in [0.4, 0.5) is 0 Å². The van der Waals surface area contributed by atoms with Gasteiger partial charge in [0, 0.05) is 16.8 Å². The molecule has 2 heterocycles. The van der Waals surface area contributed by atoms with Gasteiger partial charge in [0.05, 0.1) is 12.8 Å². The molecule has 0 saturated carbocycles. The molecule has 2 aromatic heterocycles. The van der Waals surface area contributed by atoms with E-state index in [1.54, 1.807) is 7.11 Å². The molecule has 27 heavy (non-hydrogen) atoms. The van der Waals surface area contributed by atoms with Crippen LogP contribution in [0.3, 0.4) is 0 Å². The Kier molecular flexibility index (Phi) is 4.38. The van der Waals surface area contributed by atoms with E-state index in [4.69, 9.17) is 4.74 Å². The number of aromatic nitrogens is 5. The fourth-order valence-corrected chi connectivity index (χ4v) is 3.33. The van der Waals surface area contributed by atoms with Crippen LogP contribution in [0, 0.1) is 13.8 Å². The van der Waals surface area contributed by atoms with Gasteiger partial charge in [0.2, 0.25) is 5.82 Å². The molecule has 0 atom stereocenters. The molecule has 6 nitrogen and oxygen atoms in total. The molecule has 2 aromatic carbocycles. The number of H-pyrrole nitrogens is 1. The quantitative estimate of drug-likeness (QED) is 0.592. The summed E-state index contributed by atoms with van der Waals surface area (Å²) >= 11 is 0. The number of tetrazole rings is 1. The van der Waals surface area contributed by atoms with Gasteiger partial charge in [-0.15, -0.1) is 10.2 Å². The van der Waals surface area contributed by atoms with Crippen LogP contribution in [0.25, 0.3) is 33.6 Å². The number of ether oxygens (including phenoxy) is 1. The van der Waals surface area contributed by atoms with E-state index < -0.39 is 0 Å². The van der Waals surface area contributed by atoms with E-state index in [0.29, 0.717) is 5.82 Å². The minimum Gasteiger partial charge on any atom is -0.494 e. The van der Waals surface area contributed by atoms with E-state index in [0.717, 1.165) is 45.0 Å². The van der Waals surface area contributed by atoms with E-state index in [-0.39, 0.29) is 0 Å². The zero-order chi connectivity index (χ0) is 18.8. The molecule has 4 rings (SSSR count). The second-order valence-corrected chi connectivity index (χ2v) is 6.29. The van der Waals surface area contributed by atoms with Crippen molar-refractivity contribution in [3.05, 3.63) is 66.0 Å². The van der Waals surface area contributed by atoms with Gasteiger partial charge in [-0.25, -0.2) is 0 Å². The van der Waals surface area contributed by atoms with Crippen molar-refractivity contribution in [2.75, 3.05) is 7.11 Å². The number of benzene rings is 2. The van der Waals surface area contributed by atoms with Crippen molar-refractivity contribution in [1.29, 1.82) is 0 Å². The maximum absolute atomic E-state index is 5.62. The van der Waals surface area contributed by atoms with Crippen molar-refractivity contribution in [2.45, 2.75) is 13.8 Å². The lowest BCUT2D eigenvalue weighted by molar-refractivity contribution is 0.410. The highest BCUT2D eigenvalue weighted by molar-refractivity contribution is 5.85. The molecule has 0 saturated heterocycles. The molecule has 0 bridgehead atoms. The molecular weight excluding hydrogens is 338 g/mol. The number of nitrogens with zero attached hydrogens (tertiary/aromatic N) is 4. The second-order valence-electron chi connectivity index (χ2n) is 6.29. The zero-order valence-electron chi connectivity index (χ0n) is 15.4. The SMILES string of the molecule is COc1c(-c2ccc(-c3ccccc3)c(-c3nn[nH]n3)c2)cc(C)nc1C. The molecule has 0 aliphatic heterocycles. The van der Waals surface area contributed by atoms with Gasteiger partial charge >= 0.3 is 0 Å². The third-order valence-electron chi connectivity index (χ3n) is 4.48. The van der Waals surface area contributed by atoms with Crippen molar-refractivity contribution in [2.24, 2.45) is 0 Å². The summed E-state index contributed by atoms with van der Waals surface area (Å²) in [5.41, 5.74) is 6.85. The van der Waals surface area contributed by atoms with E-state index in [9.17, 15) is 0 Å². The topological polar surface area (TPSA) is 76.6 Å². The van der Waals surface area contributed by atoms with Gasteiger partial charge < -0.3 is 4.74 Å². The number of pyridine rings is 1. The smallest absolute Gasteiger partial charge is 0.205 e. The van der Waals surface area contributed by atoms with Gasteiger partial charge in [0.25, 0.3) is 0 Å². The molecule has 0 spiro atoms. The standard InChI is InChI=1S/C21H19N5O/c1-13-11-18(20(27-3)14(2)22-13)16-9-10-17(15-7-5-4-6-8-15)19(12-16)21-23-25-26-24-21/h4-12H,1-3H3,(H,23,24,25,26). The summed E-state index contributed by atoms with van der Waals surface area (Å²) in [6, 6.07) is 18.4. The number of aryl methyl sites for hydroxylation is 2. The lowest BCUT2D eigenvalue weighted by Crippen LogP contribution is -1.97. The van der Waals surface area contributed by atoms with E-state index in [1.165, 1.54) is 0 Å².